The van der Waals surface area contributed by atoms with Gasteiger partial charge in [-0.3, -0.25) is 13.9 Å². The standard InChI is InChI=1S/C32H30Cl2FN3O4S/c1-2-36-32(40)30(20-23-10-5-3-6-11-23)37(21-27-28(33)14-9-15-29(27)34)31(39)22-38(25-18-16-24(35)17-19-25)43(41,42)26-12-7-4-8-13-26/h3-19,30H,2,20-22H2,1H3,(H,36,40)/t30-/m0/s1. The van der Waals surface area contributed by atoms with E-state index in [-0.39, 0.29) is 33.6 Å². The highest BCUT2D eigenvalue weighted by molar-refractivity contribution is 7.92. The lowest BCUT2D eigenvalue weighted by Crippen LogP contribution is -2.53. The summed E-state index contributed by atoms with van der Waals surface area (Å²) in [5.74, 6) is -1.68. The summed E-state index contributed by atoms with van der Waals surface area (Å²) in [5.41, 5.74) is 1.27. The number of hydrogen-bond donors (Lipinski definition) is 1. The third-order valence-corrected chi connectivity index (χ3v) is 9.23. The maximum Gasteiger partial charge on any atom is 0.264 e. The molecule has 7 nitrogen and oxygen atoms in total. The molecule has 224 valence electrons. The van der Waals surface area contributed by atoms with Crippen LogP contribution in [0, 0.1) is 5.82 Å². The highest BCUT2D eigenvalue weighted by Crippen LogP contribution is 2.29. The minimum atomic E-state index is -4.29. The second-order valence-electron chi connectivity index (χ2n) is 9.62. The predicted molar refractivity (Wildman–Crippen MR) is 167 cm³/mol. The van der Waals surface area contributed by atoms with Gasteiger partial charge < -0.3 is 10.2 Å². The first-order chi connectivity index (χ1) is 20.6. The summed E-state index contributed by atoms with van der Waals surface area (Å²) >= 11 is 13.0. The van der Waals surface area contributed by atoms with Crippen LogP contribution in [0.15, 0.2) is 108 Å². The van der Waals surface area contributed by atoms with E-state index in [0.29, 0.717) is 12.1 Å². The fourth-order valence-electron chi connectivity index (χ4n) is 4.56. The molecule has 0 aliphatic heterocycles. The van der Waals surface area contributed by atoms with Crippen molar-refractivity contribution in [3.8, 4) is 0 Å². The molecule has 0 radical (unpaired) electrons. The van der Waals surface area contributed by atoms with E-state index in [1.807, 2.05) is 30.3 Å². The molecular formula is C32H30Cl2FN3O4S. The van der Waals surface area contributed by atoms with E-state index in [4.69, 9.17) is 23.2 Å². The molecule has 0 bridgehead atoms. The van der Waals surface area contributed by atoms with Gasteiger partial charge in [-0.15, -0.1) is 0 Å². The van der Waals surface area contributed by atoms with Gasteiger partial charge in [0.25, 0.3) is 10.0 Å². The Labute approximate surface area is 260 Å². The average Bonchev–Trinajstić information content (AvgIpc) is 3.00. The second-order valence-corrected chi connectivity index (χ2v) is 12.3. The maximum atomic E-state index is 14.3. The van der Waals surface area contributed by atoms with E-state index in [0.717, 1.165) is 22.0 Å². The second kappa shape index (κ2) is 14.5. The van der Waals surface area contributed by atoms with Gasteiger partial charge in [-0.1, -0.05) is 77.8 Å². The Bertz CT molecular complexity index is 1640. The number of halogens is 3. The lowest BCUT2D eigenvalue weighted by atomic mass is 10.0. The molecule has 4 aromatic rings. The van der Waals surface area contributed by atoms with Crippen molar-refractivity contribution in [3.63, 3.8) is 0 Å². The van der Waals surface area contributed by atoms with Crippen molar-refractivity contribution in [2.24, 2.45) is 0 Å². The molecule has 4 rings (SSSR count). The lowest BCUT2D eigenvalue weighted by molar-refractivity contribution is -0.140. The van der Waals surface area contributed by atoms with E-state index in [1.54, 1.807) is 43.3 Å². The number of rotatable bonds is 12. The van der Waals surface area contributed by atoms with Crippen LogP contribution in [-0.2, 0) is 32.6 Å². The van der Waals surface area contributed by atoms with Crippen molar-refractivity contribution < 1.29 is 22.4 Å². The van der Waals surface area contributed by atoms with Gasteiger partial charge in [-0.2, -0.15) is 0 Å². The van der Waals surface area contributed by atoms with Crippen LogP contribution in [0.1, 0.15) is 18.1 Å². The molecule has 0 aliphatic carbocycles. The van der Waals surface area contributed by atoms with Gasteiger partial charge in [0.1, 0.15) is 18.4 Å². The number of sulfonamides is 1. The van der Waals surface area contributed by atoms with Crippen LogP contribution >= 0.6 is 23.2 Å². The van der Waals surface area contributed by atoms with Gasteiger partial charge >= 0.3 is 0 Å². The molecule has 4 aromatic carbocycles. The predicted octanol–water partition coefficient (Wildman–Crippen LogP) is 6.10. The summed E-state index contributed by atoms with van der Waals surface area (Å²) in [6.07, 6.45) is 0.141. The Morgan fingerprint density at radius 1 is 0.837 bits per heavy atom. The van der Waals surface area contributed by atoms with Gasteiger partial charge in [0, 0.05) is 35.1 Å². The summed E-state index contributed by atoms with van der Waals surface area (Å²) in [4.78, 5) is 29.1. The first-order valence-electron chi connectivity index (χ1n) is 13.5. The normalized spacial score (nSPS) is 11.9. The monoisotopic (exact) mass is 641 g/mol. The van der Waals surface area contributed by atoms with Gasteiger partial charge in [0.15, 0.2) is 0 Å². The minimum Gasteiger partial charge on any atom is -0.355 e. The molecule has 0 spiro atoms. The smallest absolute Gasteiger partial charge is 0.264 e. The van der Waals surface area contributed by atoms with E-state index >= 15 is 0 Å². The zero-order valence-electron chi connectivity index (χ0n) is 23.3. The summed E-state index contributed by atoms with van der Waals surface area (Å²) in [6, 6.07) is 25.4. The largest absolute Gasteiger partial charge is 0.355 e. The van der Waals surface area contributed by atoms with Crippen molar-refractivity contribution in [1.82, 2.24) is 10.2 Å². The molecule has 43 heavy (non-hydrogen) atoms. The number of likely N-dealkylation sites (N-methyl/N-ethyl adjacent to an activating group) is 1. The molecule has 0 fully saturated rings. The third kappa shape index (κ3) is 7.93. The number of hydrogen-bond acceptors (Lipinski definition) is 4. The summed E-state index contributed by atoms with van der Waals surface area (Å²) in [7, 11) is -4.29. The molecule has 0 heterocycles. The number of nitrogens with zero attached hydrogens (tertiary/aromatic N) is 2. The van der Waals surface area contributed by atoms with E-state index in [1.165, 1.54) is 29.2 Å². The zero-order valence-corrected chi connectivity index (χ0v) is 25.6. The Morgan fingerprint density at radius 2 is 1.42 bits per heavy atom. The van der Waals surface area contributed by atoms with Crippen LogP contribution in [0.4, 0.5) is 10.1 Å². The molecule has 0 saturated carbocycles. The summed E-state index contributed by atoms with van der Waals surface area (Å²) < 4.78 is 42.5. The Morgan fingerprint density at radius 3 is 2.00 bits per heavy atom. The fraction of sp³-hybridized carbons (Fsp3) is 0.188. The highest BCUT2D eigenvalue weighted by atomic mass is 35.5. The van der Waals surface area contributed by atoms with Crippen LogP contribution in [-0.4, -0.2) is 44.3 Å². The van der Waals surface area contributed by atoms with Crippen LogP contribution in [0.3, 0.4) is 0 Å². The number of anilines is 1. The number of amides is 2. The van der Waals surface area contributed by atoms with Crippen molar-refractivity contribution in [1.29, 1.82) is 0 Å². The molecule has 1 N–H and O–H groups in total. The number of carbonyl (C=O) groups excluding carboxylic acids is 2. The fourth-order valence-corrected chi connectivity index (χ4v) is 6.51. The topological polar surface area (TPSA) is 86.8 Å². The van der Waals surface area contributed by atoms with Crippen LogP contribution in [0.25, 0.3) is 0 Å². The number of benzene rings is 4. The van der Waals surface area contributed by atoms with Crippen molar-refractivity contribution in [2.45, 2.75) is 30.8 Å². The quantitative estimate of drug-likeness (QED) is 0.202. The van der Waals surface area contributed by atoms with Crippen molar-refractivity contribution in [3.05, 3.63) is 130 Å². The lowest BCUT2D eigenvalue weighted by Gasteiger charge is -2.34. The molecular weight excluding hydrogens is 612 g/mol. The van der Waals surface area contributed by atoms with Gasteiger partial charge in [-0.25, -0.2) is 12.8 Å². The highest BCUT2D eigenvalue weighted by Gasteiger charge is 2.35. The Balaban J connectivity index is 1.82. The molecule has 11 heteroatoms. The molecule has 0 aromatic heterocycles. The van der Waals surface area contributed by atoms with Crippen LogP contribution in [0.5, 0.6) is 0 Å². The molecule has 0 unspecified atom stereocenters. The molecule has 0 aliphatic rings. The van der Waals surface area contributed by atoms with Gasteiger partial charge in [0.05, 0.1) is 10.6 Å². The van der Waals surface area contributed by atoms with Gasteiger partial charge in [0.2, 0.25) is 11.8 Å². The molecule has 0 saturated heterocycles. The zero-order chi connectivity index (χ0) is 31.0. The number of carbonyl (C=O) groups is 2. The maximum absolute atomic E-state index is 14.3. The van der Waals surface area contributed by atoms with Crippen LogP contribution < -0.4 is 9.62 Å². The van der Waals surface area contributed by atoms with Crippen molar-refractivity contribution >= 4 is 50.7 Å². The number of nitrogens with one attached hydrogen (secondary N) is 1. The van der Waals surface area contributed by atoms with Crippen LogP contribution in [0.2, 0.25) is 10.0 Å². The third-order valence-electron chi connectivity index (χ3n) is 6.74. The van der Waals surface area contributed by atoms with E-state index in [9.17, 15) is 22.4 Å². The minimum absolute atomic E-state index is 0.0580. The molecule has 1 atom stereocenters. The summed E-state index contributed by atoms with van der Waals surface area (Å²) in [5, 5.41) is 3.36. The van der Waals surface area contributed by atoms with Gasteiger partial charge in [-0.05, 0) is 61.0 Å². The average molecular weight is 643 g/mol. The first-order valence-corrected chi connectivity index (χ1v) is 15.7. The Hall–Kier alpha value is -3.92. The summed E-state index contributed by atoms with van der Waals surface area (Å²) in [6.45, 7) is 1.21. The Kier molecular flexibility index (Phi) is 10.8. The van der Waals surface area contributed by atoms with E-state index in [2.05, 4.69) is 5.32 Å². The van der Waals surface area contributed by atoms with Crippen molar-refractivity contribution in [2.75, 3.05) is 17.4 Å². The molecule has 2 amide bonds. The SMILES string of the molecule is CCNC(=O)[C@H](Cc1ccccc1)N(Cc1c(Cl)cccc1Cl)C(=O)CN(c1ccc(F)cc1)S(=O)(=O)c1ccccc1. The van der Waals surface area contributed by atoms with E-state index < -0.39 is 40.2 Å². The first kappa shape index (κ1) is 32.0.